The molecule has 0 radical (unpaired) electrons. The van der Waals surface area contributed by atoms with Crippen molar-refractivity contribution in [3.63, 3.8) is 0 Å². The number of aliphatic imine (C=N–C) groups is 1. The molecule has 170 valence electrons. The monoisotopic (exact) mass is 496 g/mol. The molecule has 0 bridgehead atoms. The maximum atomic E-state index is 9.76. The van der Waals surface area contributed by atoms with Gasteiger partial charge in [0.1, 0.15) is 23.4 Å². The maximum absolute atomic E-state index is 9.76. The Morgan fingerprint density at radius 2 is 1.91 bits per heavy atom. The Hall–Kier alpha value is -2.32. The molecule has 6 heteroatoms. The van der Waals surface area contributed by atoms with Gasteiger partial charge >= 0.3 is 0 Å². The second-order valence-electron chi connectivity index (χ2n) is 9.47. The van der Waals surface area contributed by atoms with E-state index >= 15 is 0 Å². The van der Waals surface area contributed by atoms with Crippen molar-refractivity contribution in [1.29, 1.82) is 5.26 Å². The van der Waals surface area contributed by atoms with E-state index in [0.717, 1.165) is 46.7 Å². The van der Waals surface area contributed by atoms with E-state index in [9.17, 15) is 5.26 Å². The zero-order chi connectivity index (χ0) is 23.6. The molecule has 0 fully saturated rings. The van der Waals surface area contributed by atoms with E-state index in [1.165, 1.54) is 10.4 Å². The molecule has 1 aromatic heterocycles. The molecule has 0 amide bonds. The first-order valence-electron chi connectivity index (χ1n) is 11.0. The molecule has 0 unspecified atom stereocenters. The van der Waals surface area contributed by atoms with Crippen LogP contribution in [-0.4, -0.2) is 6.21 Å². The van der Waals surface area contributed by atoms with E-state index in [0.29, 0.717) is 22.6 Å². The van der Waals surface area contributed by atoms with Crippen molar-refractivity contribution in [1.82, 2.24) is 0 Å². The van der Waals surface area contributed by atoms with Gasteiger partial charge in [0.2, 0.25) is 0 Å². The van der Waals surface area contributed by atoms with Gasteiger partial charge in [-0.25, -0.2) is 4.99 Å². The number of hydrogen-bond donors (Lipinski definition) is 0. The average Bonchev–Trinajstić information content (AvgIpc) is 3.15. The van der Waals surface area contributed by atoms with E-state index in [4.69, 9.17) is 27.9 Å². The fourth-order valence-corrected chi connectivity index (χ4v) is 5.64. The van der Waals surface area contributed by atoms with E-state index < -0.39 is 0 Å². The van der Waals surface area contributed by atoms with Crippen molar-refractivity contribution in [2.45, 2.75) is 46.6 Å². The Morgan fingerprint density at radius 1 is 1.15 bits per heavy atom. The van der Waals surface area contributed by atoms with E-state index in [2.05, 4.69) is 31.8 Å². The predicted octanol–water partition coefficient (Wildman–Crippen LogP) is 8.41. The van der Waals surface area contributed by atoms with Crippen LogP contribution in [0.4, 0.5) is 5.00 Å². The van der Waals surface area contributed by atoms with Crippen molar-refractivity contribution < 1.29 is 4.74 Å². The number of fused-ring (bicyclic) bond motifs is 1. The summed E-state index contributed by atoms with van der Waals surface area (Å²) in [6, 6.07) is 15.6. The van der Waals surface area contributed by atoms with E-state index in [1.54, 1.807) is 17.4 Å². The number of hydrogen-bond acceptors (Lipinski definition) is 4. The van der Waals surface area contributed by atoms with Crippen LogP contribution in [0.2, 0.25) is 10.0 Å². The minimum atomic E-state index is 0.279. The summed E-state index contributed by atoms with van der Waals surface area (Å²) < 4.78 is 5.85. The first kappa shape index (κ1) is 23.8. The molecule has 1 heterocycles. The molecule has 33 heavy (non-hydrogen) atoms. The fourth-order valence-electron chi connectivity index (χ4n) is 4.10. The Morgan fingerprint density at radius 3 is 2.58 bits per heavy atom. The highest BCUT2D eigenvalue weighted by Crippen LogP contribution is 2.44. The lowest BCUT2D eigenvalue weighted by Gasteiger charge is -2.33. The summed E-state index contributed by atoms with van der Waals surface area (Å²) in [5, 5.41) is 11.6. The number of rotatable bonds is 5. The molecule has 0 N–H and O–H groups in total. The number of nitriles is 1. The summed E-state index contributed by atoms with van der Waals surface area (Å²) in [6.07, 6.45) is 4.96. The summed E-state index contributed by atoms with van der Waals surface area (Å²) in [6.45, 7) is 7.32. The molecule has 3 aromatic rings. The molecule has 1 atom stereocenters. The van der Waals surface area contributed by atoms with Gasteiger partial charge in [0.05, 0.1) is 15.6 Å². The summed E-state index contributed by atoms with van der Waals surface area (Å²) in [7, 11) is 0. The summed E-state index contributed by atoms with van der Waals surface area (Å²) in [4.78, 5) is 6.01. The minimum absolute atomic E-state index is 0.279. The van der Waals surface area contributed by atoms with Crippen LogP contribution in [0.25, 0.3) is 0 Å². The first-order valence-corrected chi connectivity index (χ1v) is 12.6. The minimum Gasteiger partial charge on any atom is -0.489 e. The molecule has 0 saturated carbocycles. The summed E-state index contributed by atoms with van der Waals surface area (Å²) in [5.74, 6) is 1.40. The highest BCUT2D eigenvalue weighted by molar-refractivity contribution is 7.16. The van der Waals surface area contributed by atoms with Crippen molar-refractivity contribution >= 4 is 45.8 Å². The van der Waals surface area contributed by atoms with Crippen LogP contribution >= 0.6 is 34.5 Å². The van der Waals surface area contributed by atoms with Crippen molar-refractivity contribution in [2.75, 3.05) is 0 Å². The third-order valence-corrected chi connectivity index (χ3v) is 8.09. The van der Waals surface area contributed by atoms with Gasteiger partial charge in [0.15, 0.2) is 0 Å². The number of nitrogens with zero attached hydrogens (tertiary/aromatic N) is 2. The molecular formula is C27H26Cl2N2OS. The normalized spacial score (nSPS) is 15.9. The lowest BCUT2D eigenvalue weighted by atomic mass is 9.72. The quantitative estimate of drug-likeness (QED) is 0.332. The fraction of sp³-hybridized carbons (Fsp3) is 0.333. The number of halogens is 2. The summed E-state index contributed by atoms with van der Waals surface area (Å²) in [5.41, 5.74) is 4.15. The van der Waals surface area contributed by atoms with E-state index in [-0.39, 0.29) is 5.41 Å². The van der Waals surface area contributed by atoms with Gasteiger partial charge in [-0.15, -0.1) is 11.3 Å². The molecule has 1 aliphatic rings. The Bertz CT molecular complexity index is 1220. The molecule has 4 rings (SSSR count). The van der Waals surface area contributed by atoms with Crippen LogP contribution < -0.4 is 4.74 Å². The van der Waals surface area contributed by atoms with Crippen LogP contribution in [-0.2, 0) is 19.4 Å². The van der Waals surface area contributed by atoms with Gasteiger partial charge in [-0.1, -0.05) is 50.0 Å². The van der Waals surface area contributed by atoms with E-state index in [1.807, 2.05) is 42.6 Å². The summed E-state index contributed by atoms with van der Waals surface area (Å²) >= 11 is 13.7. The van der Waals surface area contributed by atoms with Gasteiger partial charge in [-0.3, -0.25) is 0 Å². The first-order chi connectivity index (χ1) is 15.7. The lowest BCUT2D eigenvalue weighted by molar-refractivity contribution is 0.218. The Kier molecular flexibility index (Phi) is 7.14. The number of ether oxygens (including phenoxy) is 1. The maximum Gasteiger partial charge on any atom is 0.134 e. The molecule has 1 aliphatic carbocycles. The van der Waals surface area contributed by atoms with Crippen LogP contribution in [0.5, 0.6) is 5.75 Å². The molecule has 0 saturated heterocycles. The average molecular weight is 497 g/mol. The molecule has 2 aromatic carbocycles. The van der Waals surface area contributed by atoms with Gasteiger partial charge in [0.25, 0.3) is 0 Å². The molecule has 0 aliphatic heterocycles. The third-order valence-electron chi connectivity index (χ3n) is 6.18. The molecule has 0 spiro atoms. The second-order valence-corrected chi connectivity index (χ2v) is 11.4. The Balaban J connectivity index is 1.43. The van der Waals surface area contributed by atoms with Gasteiger partial charge < -0.3 is 4.74 Å². The van der Waals surface area contributed by atoms with Gasteiger partial charge in [-0.2, -0.15) is 5.26 Å². The lowest BCUT2D eigenvalue weighted by Crippen LogP contribution is -2.26. The zero-order valence-corrected chi connectivity index (χ0v) is 21.3. The number of thiophene rings is 1. The van der Waals surface area contributed by atoms with Gasteiger partial charge in [-0.05, 0) is 83.7 Å². The van der Waals surface area contributed by atoms with Gasteiger partial charge in [0, 0.05) is 11.1 Å². The van der Waals surface area contributed by atoms with Crippen molar-refractivity contribution in [2.24, 2.45) is 16.3 Å². The SMILES string of the molecule is CC(C)(C)[C@@H]1CCc2c(sc(N=Cc3ccc(OCc4ccc(Cl)c(Cl)c4)cc3)c2C#N)C1. The molecular weight excluding hydrogens is 471 g/mol. The topological polar surface area (TPSA) is 45.4 Å². The number of benzene rings is 2. The second kappa shape index (κ2) is 9.89. The molecule has 3 nitrogen and oxygen atoms in total. The largest absolute Gasteiger partial charge is 0.489 e. The highest BCUT2D eigenvalue weighted by Gasteiger charge is 2.32. The van der Waals surface area contributed by atoms with Crippen LogP contribution in [0.3, 0.4) is 0 Å². The van der Waals surface area contributed by atoms with Crippen molar-refractivity contribution in [3.8, 4) is 11.8 Å². The van der Waals surface area contributed by atoms with Crippen LogP contribution in [0.1, 0.15) is 54.3 Å². The smallest absolute Gasteiger partial charge is 0.134 e. The standard InChI is InChI=1S/C27H26Cl2N2OS/c1-27(2,3)19-7-10-21-22(14-30)26(33-25(21)13-19)31-15-17-4-8-20(9-5-17)32-16-18-6-11-23(28)24(29)12-18/h4-6,8-9,11-12,15,19H,7,10,13,16H2,1-3H3/t19-/m1/s1. The highest BCUT2D eigenvalue weighted by atomic mass is 35.5. The van der Waals surface area contributed by atoms with Crippen LogP contribution in [0, 0.1) is 22.7 Å². The van der Waals surface area contributed by atoms with Crippen molar-refractivity contribution in [3.05, 3.63) is 79.6 Å². The van der Waals surface area contributed by atoms with Crippen LogP contribution in [0.15, 0.2) is 47.5 Å². The predicted molar refractivity (Wildman–Crippen MR) is 138 cm³/mol. The third kappa shape index (κ3) is 5.61. The zero-order valence-electron chi connectivity index (χ0n) is 19.0. The Labute approximate surface area is 209 Å².